The van der Waals surface area contributed by atoms with E-state index in [0.29, 0.717) is 24.6 Å². The Morgan fingerprint density at radius 2 is 1.86 bits per heavy atom. The summed E-state index contributed by atoms with van der Waals surface area (Å²) >= 11 is 0. The molecule has 0 amide bonds. The molecule has 2 aromatic carbocycles. The SMILES string of the molecule is CCN(C1CCN(Cc2ccccc2)C1)S(=O)(=O)c1cc(OC)ccc1OC. The number of hydrogen-bond donors (Lipinski definition) is 0. The van der Waals surface area contributed by atoms with E-state index in [0.717, 1.165) is 19.5 Å². The van der Waals surface area contributed by atoms with Gasteiger partial charge in [-0.05, 0) is 24.1 Å². The van der Waals surface area contributed by atoms with Gasteiger partial charge in [-0.1, -0.05) is 37.3 Å². The smallest absolute Gasteiger partial charge is 0.247 e. The van der Waals surface area contributed by atoms with Crippen LogP contribution in [0.15, 0.2) is 53.4 Å². The third-order valence-corrected chi connectivity index (χ3v) is 7.22. The number of likely N-dealkylation sites (tertiary alicyclic amines) is 1. The number of ether oxygens (including phenoxy) is 2. The zero-order chi connectivity index (χ0) is 20.1. The summed E-state index contributed by atoms with van der Waals surface area (Å²) in [4.78, 5) is 2.46. The van der Waals surface area contributed by atoms with Crippen molar-refractivity contribution in [2.24, 2.45) is 0 Å². The molecular formula is C21H28N2O4S. The third-order valence-electron chi connectivity index (χ3n) is 5.17. The van der Waals surface area contributed by atoms with E-state index in [1.165, 1.54) is 25.8 Å². The van der Waals surface area contributed by atoms with Gasteiger partial charge in [-0.25, -0.2) is 8.42 Å². The van der Waals surface area contributed by atoms with Crippen molar-refractivity contribution in [1.29, 1.82) is 0 Å². The van der Waals surface area contributed by atoms with Crippen LogP contribution in [0.25, 0.3) is 0 Å². The molecule has 1 fully saturated rings. The molecule has 1 heterocycles. The molecule has 1 saturated heterocycles. The molecule has 0 aliphatic carbocycles. The van der Waals surface area contributed by atoms with Gasteiger partial charge in [0.05, 0.1) is 14.2 Å². The van der Waals surface area contributed by atoms with E-state index in [1.807, 2.05) is 25.1 Å². The topological polar surface area (TPSA) is 59.1 Å². The lowest BCUT2D eigenvalue weighted by Gasteiger charge is -2.28. The predicted octanol–water partition coefficient (Wildman–Crippen LogP) is 2.99. The Morgan fingerprint density at radius 3 is 2.50 bits per heavy atom. The van der Waals surface area contributed by atoms with Crippen LogP contribution in [0.1, 0.15) is 18.9 Å². The molecule has 0 aromatic heterocycles. The number of likely N-dealkylation sites (N-methyl/N-ethyl adjacent to an activating group) is 1. The third kappa shape index (κ3) is 4.32. The number of benzene rings is 2. The van der Waals surface area contributed by atoms with Crippen molar-refractivity contribution >= 4 is 10.0 Å². The van der Waals surface area contributed by atoms with Crippen molar-refractivity contribution in [3.8, 4) is 11.5 Å². The van der Waals surface area contributed by atoms with E-state index in [1.54, 1.807) is 16.4 Å². The molecule has 152 valence electrons. The molecule has 2 aromatic rings. The van der Waals surface area contributed by atoms with Gasteiger partial charge in [0, 0.05) is 38.3 Å². The maximum absolute atomic E-state index is 13.4. The van der Waals surface area contributed by atoms with E-state index in [2.05, 4.69) is 17.0 Å². The van der Waals surface area contributed by atoms with Gasteiger partial charge in [-0.15, -0.1) is 0 Å². The van der Waals surface area contributed by atoms with Crippen molar-refractivity contribution in [3.05, 3.63) is 54.1 Å². The minimum Gasteiger partial charge on any atom is -0.497 e. The number of hydrogen-bond acceptors (Lipinski definition) is 5. The first-order chi connectivity index (χ1) is 13.5. The Morgan fingerprint density at radius 1 is 1.11 bits per heavy atom. The lowest BCUT2D eigenvalue weighted by Crippen LogP contribution is -2.41. The van der Waals surface area contributed by atoms with Crippen LogP contribution in [-0.4, -0.2) is 57.5 Å². The van der Waals surface area contributed by atoms with E-state index in [4.69, 9.17) is 9.47 Å². The zero-order valence-corrected chi connectivity index (χ0v) is 17.5. The summed E-state index contributed by atoms with van der Waals surface area (Å²) < 4.78 is 39.0. The Kier molecular flexibility index (Phi) is 6.59. The zero-order valence-electron chi connectivity index (χ0n) is 16.7. The maximum Gasteiger partial charge on any atom is 0.247 e. The molecule has 0 N–H and O–H groups in total. The lowest BCUT2D eigenvalue weighted by molar-refractivity contribution is 0.285. The fraction of sp³-hybridized carbons (Fsp3) is 0.429. The average Bonchev–Trinajstić information content (AvgIpc) is 3.16. The van der Waals surface area contributed by atoms with Crippen LogP contribution in [-0.2, 0) is 16.6 Å². The second kappa shape index (κ2) is 8.94. The van der Waals surface area contributed by atoms with Crippen molar-refractivity contribution in [3.63, 3.8) is 0 Å². The van der Waals surface area contributed by atoms with Crippen LogP contribution in [0, 0.1) is 0 Å². The van der Waals surface area contributed by atoms with Crippen molar-refractivity contribution in [2.75, 3.05) is 33.9 Å². The Hall–Kier alpha value is -2.09. The highest BCUT2D eigenvalue weighted by atomic mass is 32.2. The van der Waals surface area contributed by atoms with E-state index >= 15 is 0 Å². The van der Waals surface area contributed by atoms with Crippen LogP contribution < -0.4 is 9.47 Å². The lowest BCUT2D eigenvalue weighted by atomic mass is 10.2. The summed E-state index contributed by atoms with van der Waals surface area (Å²) in [6.45, 7) is 4.71. The van der Waals surface area contributed by atoms with Crippen molar-refractivity contribution < 1.29 is 17.9 Å². The van der Waals surface area contributed by atoms with Gasteiger partial charge < -0.3 is 9.47 Å². The molecule has 7 heteroatoms. The van der Waals surface area contributed by atoms with Crippen LogP contribution in [0.4, 0.5) is 0 Å². The highest BCUT2D eigenvalue weighted by Crippen LogP contribution is 2.33. The van der Waals surface area contributed by atoms with Gasteiger partial charge in [-0.2, -0.15) is 4.31 Å². The van der Waals surface area contributed by atoms with Gasteiger partial charge >= 0.3 is 0 Å². The summed E-state index contributed by atoms with van der Waals surface area (Å²) in [5, 5.41) is 0. The molecule has 6 nitrogen and oxygen atoms in total. The molecule has 0 spiro atoms. The van der Waals surface area contributed by atoms with Gasteiger partial charge in [0.1, 0.15) is 16.4 Å². The van der Waals surface area contributed by atoms with Crippen molar-refractivity contribution in [1.82, 2.24) is 9.21 Å². The Balaban J connectivity index is 1.81. The summed E-state index contributed by atoms with van der Waals surface area (Å²) in [5.41, 5.74) is 1.24. The first-order valence-corrected chi connectivity index (χ1v) is 10.9. The molecule has 1 unspecified atom stereocenters. The van der Waals surface area contributed by atoms with E-state index in [-0.39, 0.29) is 10.9 Å². The molecule has 1 aliphatic rings. The van der Waals surface area contributed by atoms with Gasteiger partial charge in [0.2, 0.25) is 10.0 Å². The summed E-state index contributed by atoms with van der Waals surface area (Å²) in [7, 11) is -0.702. The highest BCUT2D eigenvalue weighted by molar-refractivity contribution is 7.89. The van der Waals surface area contributed by atoms with Crippen LogP contribution in [0.5, 0.6) is 11.5 Å². The molecule has 3 rings (SSSR count). The predicted molar refractivity (Wildman–Crippen MR) is 109 cm³/mol. The summed E-state index contributed by atoms with van der Waals surface area (Å²) in [6.07, 6.45) is 0.812. The first-order valence-electron chi connectivity index (χ1n) is 9.49. The molecule has 28 heavy (non-hydrogen) atoms. The van der Waals surface area contributed by atoms with Crippen molar-refractivity contribution in [2.45, 2.75) is 30.8 Å². The fourth-order valence-electron chi connectivity index (χ4n) is 3.77. The number of rotatable bonds is 8. The van der Waals surface area contributed by atoms with Crippen LogP contribution in [0.2, 0.25) is 0 Å². The molecule has 0 saturated carbocycles. The minimum atomic E-state index is -3.70. The van der Waals surface area contributed by atoms with Crippen LogP contribution in [0.3, 0.4) is 0 Å². The second-order valence-corrected chi connectivity index (χ2v) is 8.75. The monoisotopic (exact) mass is 404 g/mol. The summed E-state index contributed by atoms with van der Waals surface area (Å²) in [5.74, 6) is 0.825. The first kappa shape index (κ1) is 20.6. The maximum atomic E-state index is 13.4. The quantitative estimate of drug-likeness (QED) is 0.677. The number of methoxy groups -OCH3 is 2. The molecular weight excluding hydrogens is 376 g/mol. The average molecular weight is 405 g/mol. The molecule has 0 bridgehead atoms. The normalized spacial score (nSPS) is 17.8. The van der Waals surface area contributed by atoms with Gasteiger partial charge in [-0.3, -0.25) is 4.90 Å². The second-order valence-electron chi connectivity index (χ2n) is 6.89. The standard InChI is InChI=1S/C21H28N2O4S/c1-4-23(18-12-13-22(16-18)15-17-8-6-5-7-9-17)28(24,25)21-14-19(26-2)10-11-20(21)27-3/h5-11,14,18H,4,12-13,15-16H2,1-3H3. The highest BCUT2D eigenvalue weighted by Gasteiger charge is 2.36. The fourth-order valence-corrected chi connectivity index (χ4v) is 5.60. The van der Waals surface area contributed by atoms with Gasteiger partial charge in [0.25, 0.3) is 0 Å². The molecule has 1 atom stereocenters. The Bertz CT molecular complexity index is 887. The molecule has 1 aliphatic heterocycles. The number of nitrogens with zero attached hydrogens (tertiary/aromatic N) is 2. The van der Waals surface area contributed by atoms with E-state index < -0.39 is 10.0 Å². The summed E-state index contributed by atoms with van der Waals surface area (Å²) in [6, 6.07) is 15.1. The Labute approximate surface area is 167 Å². The van der Waals surface area contributed by atoms with Crippen LogP contribution >= 0.6 is 0 Å². The minimum absolute atomic E-state index is 0.0605. The van der Waals surface area contributed by atoms with Gasteiger partial charge in [0.15, 0.2) is 0 Å². The van der Waals surface area contributed by atoms with E-state index in [9.17, 15) is 8.42 Å². The number of sulfonamides is 1. The molecule has 0 radical (unpaired) electrons. The largest absolute Gasteiger partial charge is 0.497 e.